The minimum atomic E-state index is 0.644. The van der Waals surface area contributed by atoms with Crippen LogP contribution in [0.4, 0.5) is 5.69 Å². The van der Waals surface area contributed by atoms with Crippen molar-refractivity contribution in [3.05, 3.63) is 18.0 Å². The molecule has 0 spiro atoms. The first-order chi connectivity index (χ1) is 8.86. The van der Waals surface area contributed by atoms with Gasteiger partial charge in [0.25, 0.3) is 0 Å². The lowest BCUT2D eigenvalue weighted by Gasteiger charge is -2.30. The number of H-pyrrole nitrogens is 1. The van der Waals surface area contributed by atoms with Crippen LogP contribution in [0.3, 0.4) is 0 Å². The van der Waals surface area contributed by atoms with Gasteiger partial charge in [0, 0.05) is 37.9 Å². The second-order valence-corrected chi connectivity index (χ2v) is 4.24. The van der Waals surface area contributed by atoms with Crippen LogP contribution in [0, 0.1) is 13.1 Å². The topological polar surface area (TPSA) is 82.6 Å². The number of hydrogen-bond acceptors (Lipinski definition) is 6. The van der Waals surface area contributed by atoms with Gasteiger partial charge in [0.1, 0.15) is 6.20 Å². The molecule has 18 heavy (non-hydrogen) atoms. The summed E-state index contributed by atoms with van der Waals surface area (Å²) >= 11 is 0. The molecule has 1 saturated heterocycles. The summed E-state index contributed by atoms with van der Waals surface area (Å²) in [5.74, 6) is 0.644. The summed E-state index contributed by atoms with van der Waals surface area (Å²) in [6, 6.07) is 0. The standard InChI is InChI=1S/C11H14N7/c1-8-9(11-14-16-17-15-11)6-13-7-10(8)18-4-2-12-3-5-18/h6,12H,2-5H2,1H3,(H,14,15,16,17). The minimum absolute atomic E-state index is 0.644. The number of hydrogen-bond donors (Lipinski definition) is 2. The van der Waals surface area contributed by atoms with Crippen LogP contribution < -0.4 is 10.2 Å². The van der Waals surface area contributed by atoms with Gasteiger partial charge < -0.3 is 10.2 Å². The zero-order valence-corrected chi connectivity index (χ0v) is 10.1. The second kappa shape index (κ2) is 4.69. The largest absolute Gasteiger partial charge is 0.367 e. The van der Waals surface area contributed by atoms with Crippen molar-refractivity contribution < 1.29 is 0 Å². The van der Waals surface area contributed by atoms with Crippen LogP contribution in [0.15, 0.2) is 6.20 Å². The Kier molecular flexibility index (Phi) is 2.89. The second-order valence-electron chi connectivity index (χ2n) is 4.24. The normalized spacial score (nSPS) is 15.9. The number of nitrogens with zero attached hydrogens (tertiary/aromatic N) is 5. The molecule has 0 aromatic carbocycles. The van der Waals surface area contributed by atoms with E-state index in [0.717, 1.165) is 43.0 Å². The Morgan fingerprint density at radius 2 is 2.17 bits per heavy atom. The summed E-state index contributed by atoms with van der Waals surface area (Å²) in [7, 11) is 0. The van der Waals surface area contributed by atoms with Gasteiger partial charge >= 0.3 is 0 Å². The summed E-state index contributed by atoms with van der Waals surface area (Å²) in [6.07, 6.45) is 4.81. The molecule has 7 heteroatoms. The lowest BCUT2D eigenvalue weighted by molar-refractivity contribution is 0.587. The van der Waals surface area contributed by atoms with Crippen molar-refractivity contribution in [3.8, 4) is 11.4 Å². The molecule has 0 aliphatic carbocycles. The summed E-state index contributed by atoms with van der Waals surface area (Å²) in [6.45, 7) is 5.96. The Morgan fingerprint density at radius 3 is 2.89 bits per heavy atom. The summed E-state index contributed by atoms with van der Waals surface area (Å²) in [5.41, 5.74) is 3.06. The first-order valence-corrected chi connectivity index (χ1v) is 5.93. The van der Waals surface area contributed by atoms with Gasteiger partial charge in [-0.25, -0.2) is 5.10 Å². The molecule has 3 rings (SSSR count). The monoisotopic (exact) mass is 244 g/mol. The first kappa shape index (κ1) is 11.1. The van der Waals surface area contributed by atoms with E-state index in [4.69, 9.17) is 0 Å². The molecule has 93 valence electrons. The third kappa shape index (κ3) is 1.92. The molecule has 2 N–H and O–H groups in total. The van der Waals surface area contributed by atoms with Crippen molar-refractivity contribution in [3.63, 3.8) is 0 Å². The highest BCUT2D eigenvalue weighted by atomic mass is 15.5. The molecule has 0 atom stereocenters. The highest BCUT2D eigenvalue weighted by molar-refractivity contribution is 5.67. The molecule has 7 nitrogen and oxygen atoms in total. The molecule has 2 aromatic rings. The van der Waals surface area contributed by atoms with Crippen LogP contribution in [0.1, 0.15) is 5.56 Å². The smallest absolute Gasteiger partial charge is 0.181 e. The number of pyridine rings is 1. The molecule has 1 fully saturated rings. The van der Waals surface area contributed by atoms with E-state index in [1.165, 1.54) is 0 Å². The van der Waals surface area contributed by atoms with Crippen molar-refractivity contribution in [1.82, 2.24) is 30.9 Å². The van der Waals surface area contributed by atoms with Gasteiger partial charge in [-0.3, -0.25) is 4.98 Å². The number of rotatable bonds is 2. The van der Waals surface area contributed by atoms with Gasteiger partial charge in [0.2, 0.25) is 0 Å². The molecule has 0 amide bonds. The highest BCUT2D eigenvalue weighted by Crippen LogP contribution is 2.26. The van der Waals surface area contributed by atoms with E-state index in [1.807, 2.05) is 6.92 Å². The molecule has 3 heterocycles. The maximum atomic E-state index is 4.17. The molecular weight excluding hydrogens is 230 g/mol. The lowest BCUT2D eigenvalue weighted by Crippen LogP contribution is -2.43. The lowest BCUT2D eigenvalue weighted by atomic mass is 10.1. The zero-order valence-electron chi connectivity index (χ0n) is 10.1. The van der Waals surface area contributed by atoms with Crippen LogP contribution in [-0.2, 0) is 0 Å². The molecule has 1 aliphatic rings. The van der Waals surface area contributed by atoms with E-state index in [1.54, 1.807) is 6.20 Å². The van der Waals surface area contributed by atoms with Crippen LogP contribution in [0.2, 0.25) is 0 Å². The SMILES string of the molecule is Cc1c(N2CCNCC2)[c]ncc1-c1nnn[nH]1. The van der Waals surface area contributed by atoms with Crippen LogP contribution >= 0.6 is 0 Å². The molecule has 0 unspecified atom stereocenters. The molecule has 0 bridgehead atoms. The third-order valence-corrected chi connectivity index (χ3v) is 3.16. The van der Waals surface area contributed by atoms with E-state index in [0.29, 0.717) is 5.82 Å². The summed E-state index contributed by atoms with van der Waals surface area (Å²) < 4.78 is 0. The molecule has 1 radical (unpaired) electrons. The van der Waals surface area contributed by atoms with E-state index < -0.39 is 0 Å². The van der Waals surface area contributed by atoms with Gasteiger partial charge in [0.15, 0.2) is 5.82 Å². The number of piperazine rings is 1. The Bertz CT molecular complexity index is 516. The van der Waals surface area contributed by atoms with Gasteiger partial charge in [-0.2, -0.15) is 0 Å². The van der Waals surface area contributed by atoms with Crippen LogP contribution in [0.5, 0.6) is 0 Å². The zero-order chi connectivity index (χ0) is 12.4. The van der Waals surface area contributed by atoms with Crippen molar-refractivity contribution in [1.29, 1.82) is 0 Å². The molecule has 1 aliphatic heterocycles. The fourth-order valence-corrected chi connectivity index (χ4v) is 2.17. The number of aromatic nitrogens is 5. The Labute approximate surface area is 105 Å². The van der Waals surface area contributed by atoms with Crippen molar-refractivity contribution >= 4 is 5.69 Å². The van der Waals surface area contributed by atoms with Gasteiger partial charge in [-0.05, 0) is 22.9 Å². The van der Waals surface area contributed by atoms with Crippen molar-refractivity contribution in [2.24, 2.45) is 0 Å². The van der Waals surface area contributed by atoms with Crippen LogP contribution in [0.25, 0.3) is 11.4 Å². The van der Waals surface area contributed by atoms with E-state index in [9.17, 15) is 0 Å². The fraction of sp³-hybridized carbons (Fsp3) is 0.455. The summed E-state index contributed by atoms with van der Waals surface area (Å²) in [5, 5.41) is 17.2. The molecule has 2 aromatic heterocycles. The van der Waals surface area contributed by atoms with E-state index in [2.05, 4.69) is 42.0 Å². The van der Waals surface area contributed by atoms with Crippen molar-refractivity contribution in [2.45, 2.75) is 6.92 Å². The average molecular weight is 244 g/mol. The van der Waals surface area contributed by atoms with Crippen molar-refractivity contribution in [2.75, 3.05) is 31.1 Å². The Morgan fingerprint density at radius 1 is 1.33 bits per heavy atom. The highest BCUT2D eigenvalue weighted by Gasteiger charge is 2.17. The van der Waals surface area contributed by atoms with E-state index in [-0.39, 0.29) is 0 Å². The average Bonchev–Trinajstić information content (AvgIpc) is 2.94. The molecular formula is C11H14N7. The summed E-state index contributed by atoms with van der Waals surface area (Å²) in [4.78, 5) is 6.46. The maximum absolute atomic E-state index is 4.17. The van der Waals surface area contributed by atoms with E-state index >= 15 is 0 Å². The number of aromatic amines is 1. The Hall–Kier alpha value is -2.02. The minimum Gasteiger partial charge on any atom is -0.367 e. The Balaban J connectivity index is 1.98. The number of nitrogens with one attached hydrogen (secondary N) is 2. The molecule has 0 saturated carbocycles. The predicted octanol–water partition coefficient (Wildman–Crippen LogP) is -0.220. The quantitative estimate of drug-likeness (QED) is 0.760. The first-order valence-electron chi connectivity index (χ1n) is 5.93. The fourth-order valence-electron chi connectivity index (χ4n) is 2.17. The number of anilines is 1. The third-order valence-electron chi connectivity index (χ3n) is 3.16. The predicted molar refractivity (Wildman–Crippen MR) is 66.1 cm³/mol. The van der Waals surface area contributed by atoms with Gasteiger partial charge in [-0.15, -0.1) is 5.10 Å². The van der Waals surface area contributed by atoms with Gasteiger partial charge in [0.05, 0.1) is 5.69 Å². The van der Waals surface area contributed by atoms with Gasteiger partial charge in [-0.1, -0.05) is 0 Å². The number of tetrazole rings is 1. The van der Waals surface area contributed by atoms with Crippen LogP contribution in [-0.4, -0.2) is 51.8 Å². The maximum Gasteiger partial charge on any atom is 0.181 e.